The first-order valence-electron chi connectivity index (χ1n) is 6.64. The Labute approximate surface area is 121 Å². The highest BCUT2D eigenvalue weighted by molar-refractivity contribution is 5.96. The van der Waals surface area contributed by atoms with Gasteiger partial charge in [0.2, 0.25) is 5.91 Å². The van der Waals surface area contributed by atoms with Crippen LogP contribution < -0.4 is 5.32 Å². The van der Waals surface area contributed by atoms with Gasteiger partial charge in [-0.3, -0.25) is 9.69 Å². The van der Waals surface area contributed by atoms with Crippen LogP contribution in [-0.2, 0) is 10.2 Å². The lowest BCUT2D eigenvalue weighted by molar-refractivity contribution is -0.120. The molecule has 1 aliphatic rings. The van der Waals surface area contributed by atoms with Crippen molar-refractivity contribution < 1.29 is 24.3 Å². The molecular weight excluding hydrogens is 278 g/mol. The zero-order valence-corrected chi connectivity index (χ0v) is 12.2. The molecule has 0 aromatic carbocycles. The Morgan fingerprint density at radius 1 is 1.48 bits per heavy atom. The molecule has 8 heteroatoms. The van der Waals surface area contributed by atoms with Crippen LogP contribution in [0.15, 0.2) is 10.6 Å². The summed E-state index contributed by atoms with van der Waals surface area (Å²) in [6, 6.07) is 0.682. The first-order chi connectivity index (χ1) is 9.68. The third-order valence-electron chi connectivity index (χ3n) is 3.33. The number of aliphatic hydroxyl groups excluding tert-OH is 1. The van der Waals surface area contributed by atoms with Gasteiger partial charge in [0.25, 0.3) is 0 Å². The number of anilines is 1. The van der Waals surface area contributed by atoms with Crippen molar-refractivity contribution in [1.29, 1.82) is 0 Å². The number of amides is 2. The van der Waals surface area contributed by atoms with E-state index >= 15 is 0 Å². The number of rotatable bonds is 2. The number of carbonyl (C=O) groups is 2. The lowest BCUT2D eigenvalue weighted by Crippen LogP contribution is -2.42. The lowest BCUT2D eigenvalue weighted by atomic mass is 9.93. The molecule has 1 fully saturated rings. The molecule has 3 N–H and O–H groups in total. The summed E-state index contributed by atoms with van der Waals surface area (Å²) in [5.41, 5.74) is -0.243. The highest BCUT2D eigenvalue weighted by Crippen LogP contribution is 2.25. The van der Waals surface area contributed by atoms with Crippen molar-refractivity contribution in [3.8, 4) is 0 Å². The molecule has 2 heterocycles. The molecule has 0 bridgehead atoms. The van der Waals surface area contributed by atoms with Crippen LogP contribution >= 0.6 is 0 Å². The van der Waals surface area contributed by atoms with E-state index in [2.05, 4.69) is 10.5 Å². The molecule has 0 radical (unpaired) electrons. The monoisotopic (exact) mass is 297 g/mol. The second-order valence-electron chi connectivity index (χ2n) is 6.16. The van der Waals surface area contributed by atoms with Gasteiger partial charge in [0.05, 0.1) is 12.6 Å². The maximum atomic E-state index is 12.1. The van der Waals surface area contributed by atoms with Gasteiger partial charge in [-0.05, 0) is 0 Å². The van der Waals surface area contributed by atoms with Gasteiger partial charge in [-0.25, -0.2) is 4.79 Å². The smallest absolute Gasteiger partial charge is 0.408 e. The van der Waals surface area contributed by atoms with Crippen LogP contribution in [0.1, 0.15) is 33.0 Å². The average Bonchev–Trinajstić information content (AvgIpc) is 2.94. The second kappa shape index (κ2) is 5.36. The van der Waals surface area contributed by atoms with E-state index in [1.54, 1.807) is 6.07 Å². The van der Waals surface area contributed by atoms with Crippen molar-refractivity contribution in [2.45, 2.75) is 44.8 Å². The van der Waals surface area contributed by atoms with Crippen molar-refractivity contribution in [2.24, 2.45) is 0 Å². The minimum absolute atomic E-state index is 0.0700. The summed E-state index contributed by atoms with van der Waals surface area (Å²) in [4.78, 5) is 24.1. The Morgan fingerprint density at radius 2 is 2.14 bits per heavy atom. The van der Waals surface area contributed by atoms with Gasteiger partial charge < -0.3 is 20.1 Å². The van der Waals surface area contributed by atoms with E-state index in [0.717, 1.165) is 4.90 Å². The summed E-state index contributed by atoms with van der Waals surface area (Å²) in [7, 11) is 0. The highest BCUT2D eigenvalue weighted by Gasteiger charge is 2.39. The minimum atomic E-state index is -1.23. The fourth-order valence-electron chi connectivity index (χ4n) is 2.17. The third kappa shape index (κ3) is 3.33. The van der Waals surface area contributed by atoms with Crippen molar-refractivity contribution in [2.75, 3.05) is 11.9 Å². The topological polar surface area (TPSA) is 116 Å². The van der Waals surface area contributed by atoms with E-state index in [1.807, 2.05) is 20.8 Å². The largest absolute Gasteiger partial charge is 0.465 e. The van der Waals surface area contributed by atoms with Gasteiger partial charge in [-0.2, -0.15) is 0 Å². The predicted octanol–water partition coefficient (Wildman–Crippen LogP) is 1.02. The van der Waals surface area contributed by atoms with E-state index in [1.165, 1.54) is 0 Å². The number of carbonyl (C=O) groups excluding carboxylic acids is 1. The molecular formula is C13H19N3O5. The third-order valence-corrected chi connectivity index (χ3v) is 3.33. The van der Waals surface area contributed by atoms with Crippen LogP contribution in [0.5, 0.6) is 0 Å². The number of carboxylic acid groups (broad SMARTS) is 1. The molecule has 1 aliphatic heterocycles. The van der Waals surface area contributed by atoms with Crippen LogP contribution in [0.25, 0.3) is 0 Å². The average molecular weight is 297 g/mol. The SMILES string of the molecule is CC(C)(C)c1cc(NC(=O)[C@@H]2C[C@H](O)CN2C(=O)O)no1. The molecule has 1 saturated heterocycles. The lowest BCUT2D eigenvalue weighted by Gasteiger charge is -2.19. The molecule has 0 aliphatic carbocycles. The maximum Gasteiger partial charge on any atom is 0.408 e. The van der Waals surface area contributed by atoms with Gasteiger partial charge >= 0.3 is 6.09 Å². The number of β-amino-alcohol motifs (C(OH)–C–C–N with tert-alkyl or cyclic N) is 1. The molecule has 116 valence electrons. The molecule has 2 atom stereocenters. The zero-order valence-electron chi connectivity index (χ0n) is 12.2. The van der Waals surface area contributed by atoms with E-state index in [4.69, 9.17) is 9.63 Å². The quantitative estimate of drug-likeness (QED) is 0.750. The Kier molecular flexibility index (Phi) is 3.91. The maximum absolute atomic E-state index is 12.1. The van der Waals surface area contributed by atoms with E-state index in [0.29, 0.717) is 5.76 Å². The van der Waals surface area contributed by atoms with E-state index < -0.39 is 24.1 Å². The van der Waals surface area contributed by atoms with Gasteiger partial charge in [-0.15, -0.1) is 0 Å². The van der Waals surface area contributed by atoms with Crippen molar-refractivity contribution in [1.82, 2.24) is 10.1 Å². The summed E-state index contributed by atoms with van der Waals surface area (Å²) < 4.78 is 5.14. The molecule has 21 heavy (non-hydrogen) atoms. The number of aromatic nitrogens is 1. The Bertz CT molecular complexity index is 548. The first-order valence-corrected chi connectivity index (χ1v) is 6.64. The normalized spacial score (nSPS) is 22.4. The first kappa shape index (κ1) is 15.3. The molecule has 2 amide bonds. The Morgan fingerprint density at radius 3 is 2.67 bits per heavy atom. The molecule has 0 saturated carbocycles. The van der Waals surface area contributed by atoms with Crippen molar-refractivity contribution in [3.63, 3.8) is 0 Å². The van der Waals surface area contributed by atoms with Gasteiger partial charge in [0.1, 0.15) is 11.8 Å². The van der Waals surface area contributed by atoms with Crippen molar-refractivity contribution >= 4 is 17.8 Å². The van der Waals surface area contributed by atoms with Crippen LogP contribution in [0.3, 0.4) is 0 Å². The number of nitrogens with zero attached hydrogens (tertiary/aromatic N) is 2. The molecule has 1 aromatic rings. The standard InChI is InChI=1S/C13H19N3O5/c1-13(2,3)9-5-10(15-21-9)14-11(18)8-4-7(17)6-16(8)12(19)20/h5,7-8,17H,4,6H2,1-3H3,(H,19,20)(H,14,15,18)/t7-,8-/m0/s1. The zero-order chi connectivity index (χ0) is 15.8. The number of likely N-dealkylation sites (tertiary alicyclic amines) is 1. The Balaban J connectivity index is 2.07. The van der Waals surface area contributed by atoms with Gasteiger partial charge in [0, 0.05) is 17.9 Å². The van der Waals surface area contributed by atoms with Gasteiger partial charge in [-0.1, -0.05) is 25.9 Å². The molecule has 8 nitrogen and oxygen atoms in total. The number of nitrogens with one attached hydrogen (secondary N) is 1. The number of aliphatic hydroxyl groups is 1. The van der Waals surface area contributed by atoms with Crippen LogP contribution in [-0.4, -0.2) is 51.0 Å². The summed E-state index contributed by atoms with van der Waals surface area (Å²) in [6.07, 6.45) is -2.00. The number of hydrogen-bond acceptors (Lipinski definition) is 5. The molecule has 0 spiro atoms. The molecule has 2 rings (SSSR count). The molecule has 0 unspecified atom stereocenters. The Hall–Kier alpha value is -2.09. The van der Waals surface area contributed by atoms with Crippen LogP contribution in [0.4, 0.5) is 10.6 Å². The second-order valence-corrected chi connectivity index (χ2v) is 6.16. The summed E-state index contributed by atoms with van der Waals surface area (Å²) in [5, 5.41) is 24.8. The molecule has 1 aromatic heterocycles. The fraction of sp³-hybridized carbons (Fsp3) is 0.615. The summed E-state index contributed by atoms with van der Waals surface area (Å²) >= 11 is 0. The van der Waals surface area contributed by atoms with Crippen molar-refractivity contribution in [3.05, 3.63) is 11.8 Å². The predicted molar refractivity (Wildman–Crippen MR) is 73.0 cm³/mol. The van der Waals surface area contributed by atoms with Gasteiger partial charge in [0.15, 0.2) is 5.82 Å². The van der Waals surface area contributed by atoms with E-state index in [9.17, 15) is 14.7 Å². The van der Waals surface area contributed by atoms with Crippen LogP contribution in [0, 0.1) is 0 Å². The highest BCUT2D eigenvalue weighted by atomic mass is 16.5. The summed E-state index contributed by atoms with van der Waals surface area (Å²) in [6.45, 7) is 5.76. The fourth-order valence-corrected chi connectivity index (χ4v) is 2.17. The van der Waals surface area contributed by atoms with E-state index in [-0.39, 0.29) is 24.2 Å². The van der Waals surface area contributed by atoms with Crippen LogP contribution in [0.2, 0.25) is 0 Å². The summed E-state index contributed by atoms with van der Waals surface area (Å²) in [5.74, 6) is 0.318. The number of hydrogen-bond donors (Lipinski definition) is 3. The minimum Gasteiger partial charge on any atom is -0.465 e.